The minimum atomic E-state index is 0.467. The molecule has 1 heterocycles. The first kappa shape index (κ1) is 15.9. The SMILES string of the molecule is COc1ccccc1N1CCN(C(C)c2cccc(C)c2)CC1. The first-order valence-electron chi connectivity index (χ1n) is 8.37. The highest BCUT2D eigenvalue weighted by atomic mass is 16.5. The van der Waals surface area contributed by atoms with E-state index in [0.717, 1.165) is 31.9 Å². The molecule has 0 saturated carbocycles. The number of piperazine rings is 1. The van der Waals surface area contributed by atoms with Crippen LogP contribution in [-0.2, 0) is 0 Å². The Hall–Kier alpha value is -2.00. The van der Waals surface area contributed by atoms with Gasteiger partial charge in [0.2, 0.25) is 0 Å². The summed E-state index contributed by atoms with van der Waals surface area (Å²) in [5.74, 6) is 0.965. The van der Waals surface area contributed by atoms with Crippen molar-refractivity contribution in [3.8, 4) is 5.75 Å². The van der Waals surface area contributed by atoms with Crippen LogP contribution in [0, 0.1) is 6.92 Å². The van der Waals surface area contributed by atoms with E-state index in [1.807, 2.05) is 12.1 Å². The molecule has 1 unspecified atom stereocenters. The molecule has 0 radical (unpaired) electrons. The van der Waals surface area contributed by atoms with E-state index < -0.39 is 0 Å². The van der Waals surface area contributed by atoms with Crippen molar-refractivity contribution in [2.75, 3.05) is 38.2 Å². The van der Waals surface area contributed by atoms with Crippen LogP contribution in [0.3, 0.4) is 0 Å². The fourth-order valence-corrected chi connectivity index (χ4v) is 3.38. The zero-order valence-corrected chi connectivity index (χ0v) is 14.3. The summed E-state index contributed by atoms with van der Waals surface area (Å²) in [5.41, 5.74) is 3.95. The average Bonchev–Trinajstić information content (AvgIpc) is 2.61. The van der Waals surface area contributed by atoms with Crippen molar-refractivity contribution < 1.29 is 4.74 Å². The van der Waals surface area contributed by atoms with E-state index in [1.54, 1.807) is 7.11 Å². The molecule has 1 saturated heterocycles. The van der Waals surface area contributed by atoms with Crippen LogP contribution in [0.2, 0.25) is 0 Å². The van der Waals surface area contributed by atoms with Gasteiger partial charge in [-0.05, 0) is 31.5 Å². The van der Waals surface area contributed by atoms with E-state index in [2.05, 4.69) is 60.0 Å². The standard InChI is InChI=1S/C20H26N2O/c1-16-7-6-8-18(15-16)17(2)21-11-13-22(14-12-21)19-9-4-5-10-20(19)23-3/h4-10,15,17H,11-14H2,1-3H3. The normalized spacial score (nSPS) is 17.1. The number of para-hydroxylation sites is 2. The maximum absolute atomic E-state index is 5.50. The average molecular weight is 310 g/mol. The molecule has 122 valence electrons. The molecule has 0 amide bonds. The van der Waals surface area contributed by atoms with Crippen molar-refractivity contribution in [1.29, 1.82) is 0 Å². The second kappa shape index (κ2) is 7.05. The fourth-order valence-electron chi connectivity index (χ4n) is 3.38. The fraction of sp³-hybridized carbons (Fsp3) is 0.400. The second-order valence-corrected chi connectivity index (χ2v) is 6.28. The Bertz CT molecular complexity index is 648. The van der Waals surface area contributed by atoms with Crippen LogP contribution in [0.25, 0.3) is 0 Å². The Morgan fingerprint density at radius 3 is 2.39 bits per heavy atom. The summed E-state index contributed by atoms with van der Waals surface area (Å²) in [4.78, 5) is 5.00. The number of benzene rings is 2. The minimum absolute atomic E-state index is 0.467. The van der Waals surface area contributed by atoms with Crippen LogP contribution in [0.5, 0.6) is 5.75 Å². The minimum Gasteiger partial charge on any atom is -0.495 e. The topological polar surface area (TPSA) is 15.7 Å². The summed E-state index contributed by atoms with van der Waals surface area (Å²) in [6.07, 6.45) is 0. The van der Waals surface area contributed by atoms with Crippen molar-refractivity contribution in [3.05, 3.63) is 59.7 Å². The Balaban J connectivity index is 1.66. The monoisotopic (exact) mass is 310 g/mol. The van der Waals surface area contributed by atoms with E-state index in [0.29, 0.717) is 6.04 Å². The largest absolute Gasteiger partial charge is 0.495 e. The molecule has 1 atom stereocenters. The summed E-state index contributed by atoms with van der Waals surface area (Å²) in [7, 11) is 1.74. The van der Waals surface area contributed by atoms with E-state index in [1.165, 1.54) is 16.8 Å². The second-order valence-electron chi connectivity index (χ2n) is 6.28. The molecule has 0 bridgehead atoms. The Labute approximate surface area is 139 Å². The lowest BCUT2D eigenvalue weighted by molar-refractivity contribution is 0.198. The Morgan fingerprint density at radius 2 is 1.70 bits per heavy atom. The molecular formula is C20H26N2O. The molecule has 3 heteroatoms. The number of hydrogen-bond acceptors (Lipinski definition) is 3. The van der Waals surface area contributed by atoms with E-state index >= 15 is 0 Å². The molecule has 1 aliphatic rings. The molecule has 0 spiro atoms. The molecule has 0 N–H and O–H groups in total. The molecule has 1 fully saturated rings. The molecule has 23 heavy (non-hydrogen) atoms. The Kier molecular flexibility index (Phi) is 4.87. The third-order valence-corrected chi connectivity index (χ3v) is 4.81. The maximum Gasteiger partial charge on any atom is 0.142 e. The quantitative estimate of drug-likeness (QED) is 0.852. The number of nitrogens with zero attached hydrogens (tertiary/aromatic N) is 2. The lowest BCUT2D eigenvalue weighted by atomic mass is 10.0. The molecule has 2 aromatic rings. The van der Waals surface area contributed by atoms with Crippen molar-refractivity contribution >= 4 is 5.69 Å². The van der Waals surface area contributed by atoms with Crippen LogP contribution in [0.15, 0.2) is 48.5 Å². The van der Waals surface area contributed by atoms with Gasteiger partial charge in [0.15, 0.2) is 0 Å². The summed E-state index contributed by atoms with van der Waals surface area (Å²) in [5, 5.41) is 0. The zero-order chi connectivity index (χ0) is 16.2. The number of anilines is 1. The lowest BCUT2D eigenvalue weighted by Gasteiger charge is -2.39. The van der Waals surface area contributed by atoms with Crippen LogP contribution < -0.4 is 9.64 Å². The van der Waals surface area contributed by atoms with Gasteiger partial charge in [0, 0.05) is 32.2 Å². The van der Waals surface area contributed by atoms with Crippen molar-refractivity contribution in [1.82, 2.24) is 4.90 Å². The highest BCUT2D eigenvalue weighted by Gasteiger charge is 2.23. The highest BCUT2D eigenvalue weighted by Crippen LogP contribution is 2.30. The number of aryl methyl sites for hydroxylation is 1. The molecule has 1 aliphatic heterocycles. The van der Waals surface area contributed by atoms with Gasteiger partial charge < -0.3 is 9.64 Å². The van der Waals surface area contributed by atoms with E-state index in [9.17, 15) is 0 Å². The first-order chi connectivity index (χ1) is 11.2. The van der Waals surface area contributed by atoms with Gasteiger partial charge in [-0.1, -0.05) is 42.0 Å². The lowest BCUT2D eigenvalue weighted by Crippen LogP contribution is -2.47. The van der Waals surface area contributed by atoms with Crippen LogP contribution in [0.1, 0.15) is 24.1 Å². The number of hydrogen-bond donors (Lipinski definition) is 0. The predicted molar refractivity (Wildman–Crippen MR) is 96.4 cm³/mol. The van der Waals surface area contributed by atoms with Gasteiger partial charge in [-0.3, -0.25) is 4.90 Å². The summed E-state index contributed by atoms with van der Waals surface area (Å²) in [6, 6.07) is 17.6. The molecule has 0 aromatic heterocycles. The van der Waals surface area contributed by atoms with Crippen LogP contribution >= 0.6 is 0 Å². The van der Waals surface area contributed by atoms with Crippen molar-refractivity contribution in [2.24, 2.45) is 0 Å². The summed E-state index contributed by atoms with van der Waals surface area (Å²) < 4.78 is 5.50. The predicted octanol–water partition coefficient (Wildman–Crippen LogP) is 3.89. The van der Waals surface area contributed by atoms with Gasteiger partial charge in [-0.2, -0.15) is 0 Å². The van der Waals surface area contributed by atoms with Gasteiger partial charge in [-0.25, -0.2) is 0 Å². The number of rotatable bonds is 4. The van der Waals surface area contributed by atoms with Gasteiger partial charge in [0.25, 0.3) is 0 Å². The third kappa shape index (κ3) is 3.50. The summed E-state index contributed by atoms with van der Waals surface area (Å²) in [6.45, 7) is 8.71. The molecule has 3 nitrogen and oxygen atoms in total. The zero-order valence-electron chi connectivity index (χ0n) is 14.3. The molecule has 3 rings (SSSR count). The van der Waals surface area contributed by atoms with Crippen molar-refractivity contribution in [3.63, 3.8) is 0 Å². The van der Waals surface area contributed by atoms with Gasteiger partial charge >= 0.3 is 0 Å². The Morgan fingerprint density at radius 1 is 0.957 bits per heavy atom. The van der Waals surface area contributed by atoms with E-state index in [-0.39, 0.29) is 0 Å². The molecule has 2 aromatic carbocycles. The van der Waals surface area contributed by atoms with Gasteiger partial charge in [0.1, 0.15) is 5.75 Å². The highest BCUT2D eigenvalue weighted by molar-refractivity contribution is 5.58. The number of ether oxygens (including phenoxy) is 1. The molecular weight excluding hydrogens is 284 g/mol. The van der Waals surface area contributed by atoms with Crippen LogP contribution in [-0.4, -0.2) is 38.2 Å². The van der Waals surface area contributed by atoms with E-state index in [4.69, 9.17) is 4.74 Å². The maximum atomic E-state index is 5.50. The third-order valence-electron chi connectivity index (χ3n) is 4.81. The molecule has 0 aliphatic carbocycles. The number of methoxy groups -OCH3 is 1. The van der Waals surface area contributed by atoms with Crippen LogP contribution in [0.4, 0.5) is 5.69 Å². The summed E-state index contributed by atoms with van der Waals surface area (Å²) >= 11 is 0. The van der Waals surface area contributed by atoms with Gasteiger partial charge in [0.05, 0.1) is 12.8 Å². The first-order valence-corrected chi connectivity index (χ1v) is 8.37. The van der Waals surface area contributed by atoms with Crippen molar-refractivity contribution in [2.45, 2.75) is 19.9 Å². The van der Waals surface area contributed by atoms with Gasteiger partial charge in [-0.15, -0.1) is 0 Å². The smallest absolute Gasteiger partial charge is 0.142 e.